The van der Waals surface area contributed by atoms with Crippen molar-refractivity contribution >= 4 is 0 Å². The minimum Gasteiger partial charge on any atom is -0.391 e. The number of hydrogen-bond donors (Lipinski definition) is 1. The summed E-state index contributed by atoms with van der Waals surface area (Å²) in [7, 11) is 2.20. The standard InChI is InChI=1S/C11H21NO/c1-12(9-5-4-6-9)10-7-2-3-8-11(10)13/h9-11,13H,2-8H2,1H3. The molecule has 2 aliphatic carbocycles. The Balaban J connectivity index is 1.88. The Hall–Kier alpha value is -0.0800. The maximum atomic E-state index is 9.87. The Bertz CT molecular complexity index is 167. The molecule has 0 saturated heterocycles. The monoisotopic (exact) mass is 183 g/mol. The van der Waals surface area contributed by atoms with Gasteiger partial charge in [-0.3, -0.25) is 4.90 Å². The summed E-state index contributed by atoms with van der Waals surface area (Å²) in [4.78, 5) is 2.44. The first-order valence-electron chi connectivity index (χ1n) is 5.69. The molecule has 0 aromatic rings. The van der Waals surface area contributed by atoms with Gasteiger partial charge in [-0.2, -0.15) is 0 Å². The largest absolute Gasteiger partial charge is 0.391 e. The summed E-state index contributed by atoms with van der Waals surface area (Å²) in [6.07, 6.45) is 8.77. The molecule has 0 aromatic heterocycles. The number of aliphatic hydroxyl groups excluding tert-OH is 1. The Morgan fingerprint density at radius 3 is 2.23 bits per heavy atom. The van der Waals surface area contributed by atoms with Crippen molar-refractivity contribution in [2.24, 2.45) is 0 Å². The van der Waals surface area contributed by atoms with Crippen molar-refractivity contribution in [3.8, 4) is 0 Å². The predicted molar refractivity (Wildman–Crippen MR) is 53.7 cm³/mol. The molecule has 0 amide bonds. The molecular weight excluding hydrogens is 162 g/mol. The van der Waals surface area contributed by atoms with E-state index < -0.39 is 0 Å². The second-order valence-electron chi connectivity index (χ2n) is 4.67. The fraction of sp³-hybridized carbons (Fsp3) is 1.00. The molecule has 0 bridgehead atoms. The van der Waals surface area contributed by atoms with Gasteiger partial charge in [0.25, 0.3) is 0 Å². The minimum atomic E-state index is -0.0562. The van der Waals surface area contributed by atoms with E-state index in [1.807, 2.05) is 0 Å². The molecule has 2 heteroatoms. The number of likely N-dealkylation sites (N-methyl/N-ethyl adjacent to an activating group) is 1. The molecule has 0 radical (unpaired) electrons. The number of aliphatic hydroxyl groups is 1. The third-order valence-electron chi connectivity index (χ3n) is 3.87. The number of nitrogens with zero attached hydrogens (tertiary/aromatic N) is 1. The lowest BCUT2D eigenvalue weighted by Crippen LogP contribution is -2.50. The van der Waals surface area contributed by atoms with E-state index in [-0.39, 0.29) is 6.10 Å². The quantitative estimate of drug-likeness (QED) is 0.705. The van der Waals surface area contributed by atoms with Crippen LogP contribution < -0.4 is 0 Å². The molecule has 0 aromatic carbocycles. The van der Waals surface area contributed by atoms with Gasteiger partial charge in [0.05, 0.1) is 6.10 Å². The summed E-state index contributed by atoms with van der Waals surface area (Å²) in [5.74, 6) is 0. The third-order valence-corrected chi connectivity index (χ3v) is 3.87. The van der Waals surface area contributed by atoms with E-state index in [0.29, 0.717) is 6.04 Å². The van der Waals surface area contributed by atoms with Crippen LogP contribution in [0, 0.1) is 0 Å². The van der Waals surface area contributed by atoms with Crippen LogP contribution in [0.3, 0.4) is 0 Å². The van der Waals surface area contributed by atoms with Crippen LogP contribution >= 0.6 is 0 Å². The van der Waals surface area contributed by atoms with E-state index in [9.17, 15) is 5.11 Å². The van der Waals surface area contributed by atoms with Gasteiger partial charge in [-0.05, 0) is 32.7 Å². The minimum absolute atomic E-state index is 0.0562. The summed E-state index contributed by atoms with van der Waals surface area (Å²) >= 11 is 0. The molecule has 0 aliphatic heterocycles. The number of rotatable bonds is 2. The van der Waals surface area contributed by atoms with Crippen LogP contribution in [0.4, 0.5) is 0 Å². The maximum Gasteiger partial charge on any atom is 0.0695 e. The highest BCUT2D eigenvalue weighted by Crippen LogP contribution is 2.30. The molecule has 2 rings (SSSR count). The highest BCUT2D eigenvalue weighted by molar-refractivity contribution is 4.88. The van der Waals surface area contributed by atoms with Gasteiger partial charge in [-0.15, -0.1) is 0 Å². The van der Waals surface area contributed by atoms with E-state index in [2.05, 4.69) is 11.9 Å². The Kier molecular flexibility index (Phi) is 2.89. The van der Waals surface area contributed by atoms with E-state index in [1.54, 1.807) is 0 Å². The molecule has 2 nitrogen and oxygen atoms in total. The van der Waals surface area contributed by atoms with Crippen LogP contribution in [0.25, 0.3) is 0 Å². The van der Waals surface area contributed by atoms with Gasteiger partial charge in [-0.1, -0.05) is 19.3 Å². The van der Waals surface area contributed by atoms with Crippen molar-refractivity contribution in [2.45, 2.75) is 63.1 Å². The van der Waals surface area contributed by atoms with Crippen LogP contribution in [0.5, 0.6) is 0 Å². The fourth-order valence-corrected chi connectivity index (χ4v) is 2.63. The first-order chi connectivity index (χ1) is 6.29. The second kappa shape index (κ2) is 3.97. The van der Waals surface area contributed by atoms with Crippen LogP contribution in [-0.2, 0) is 0 Å². The lowest BCUT2D eigenvalue weighted by atomic mass is 9.86. The van der Waals surface area contributed by atoms with Crippen molar-refractivity contribution < 1.29 is 5.11 Å². The van der Waals surface area contributed by atoms with Gasteiger partial charge in [-0.25, -0.2) is 0 Å². The van der Waals surface area contributed by atoms with Gasteiger partial charge in [0, 0.05) is 12.1 Å². The van der Waals surface area contributed by atoms with Crippen LogP contribution in [-0.4, -0.2) is 35.2 Å². The Morgan fingerprint density at radius 1 is 1.00 bits per heavy atom. The molecule has 76 valence electrons. The normalized spacial score (nSPS) is 36.2. The zero-order chi connectivity index (χ0) is 9.26. The maximum absolute atomic E-state index is 9.87. The van der Waals surface area contributed by atoms with Gasteiger partial charge in [0.2, 0.25) is 0 Å². The summed E-state index contributed by atoms with van der Waals surface area (Å²) in [6.45, 7) is 0. The summed E-state index contributed by atoms with van der Waals surface area (Å²) in [5.41, 5.74) is 0. The molecular formula is C11H21NO. The lowest BCUT2D eigenvalue weighted by Gasteiger charge is -2.43. The second-order valence-corrected chi connectivity index (χ2v) is 4.67. The molecule has 2 unspecified atom stereocenters. The molecule has 0 heterocycles. The van der Waals surface area contributed by atoms with E-state index >= 15 is 0 Å². The topological polar surface area (TPSA) is 23.5 Å². The highest BCUT2D eigenvalue weighted by Gasteiger charge is 2.32. The van der Waals surface area contributed by atoms with Crippen molar-refractivity contribution in [1.29, 1.82) is 0 Å². The van der Waals surface area contributed by atoms with E-state index in [4.69, 9.17) is 0 Å². The SMILES string of the molecule is CN(C1CCC1)C1CCCCC1O. The fourth-order valence-electron chi connectivity index (χ4n) is 2.63. The van der Waals surface area contributed by atoms with Crippen LogP contribution in [0.15, 0.2) is 0 Å². The first kappa shape index (κ1) is 9.47. The van der Waals surface area contributed by atoms with Gasteiger partial charge >= 0.3 is 0 Å². The summed E-state index contributed by atoms with van der Waals surface area (Å²) < 4.78 is 0. The predicted octanol–water partition coefficient (Wildman–Crippen LogP) is 1.77. The third kappa shape index (κ3) is 1.89. The molecule has 0 spiro atoms. The van der Waals surface area contributed by atoms with Gasteiger partial charge in [0.1, 0.15) is 0 Å². The Morgan fingerprint density at radius 2 is 1.69 bits per heavy atom. The van der Waals surface area contributed by atoms with E-state index in [0.717, 1.165) is 12.5 Å². The molecule has 2 aliphatic rings. The van der Waals surface area contributed by atoms with Gasteiger partial charge in [0.15, 0.2) is 0 Å². The average Bonchev–Trinajstić information content (AvgIpc) is 2.01. The van der Waals surface area contributed by atoms with Crippen LogP contribution in [0.1, 0.15) is 44.9 Å². The van der Waals surface area contributed by atoms with E-state index in [1.165, 1.54) is 38.5 Å². The van der Waals surface area contributed by atoms with Crippen molar-refractivity contribution in [3.63, 3.8) is 0 Å². The smallest absolute Gasteiger partial charge is 0.0695 e. The molecule has 2 fully saturated rings. The summed E-state index contributed by atoms with van der Waals surface area (Å²) in [5, 5.41) is 9.87. The van der Waals surface area contributed by atoms with Crippen molar-refractivity contribution in [1.82, 2.24) is 4.90 Å². The van der Waals surface area contributed by atoms with Crippen molar-refractivity contribution in [2.75, 3.05) is 7.05 Å². The zero-order valence-electron chi connectivity index (χ0n) is 8.58. The molecule has 13 heavy (non-hydrogen) atoms. The first-order valence-corrected chi connectivity index (χ1v) is 5.69. The average molecular weight is 183 g/mol. The lowest BCUT2D eigenvalue weighted by molar-refractivity contribution is -0.00450. The number of hydrogen-bond acceptors (Lipinski definition) is 2. The zero-order valence-corrected chi connectivity index (χ0v) is 8.58. The van der Waals surface area contributed by atoms with Gasteiger partial charge < -0.3 is 5.11 Å². The summed E-state index contributed by atoms with van der Waals surface area (Å²) in [6, 6.07) is 1.23. The Labute approximate surface area is 80.9 Å². The molecule has 2 atom stereocenters. The highest BCUT2D eigenvalue weighted by atomic mass is 16.3. The van der Waals surface area contributed by atoms with Crippen molar-refractivity contribution in [3.05, 3.63) is 0 Å². The molecule has 2 saturated carbocycles. The molecule has 1 N–H and O–H groups in total. The van der Waals surface area contributed by atoms with Crippen LogP contribution in [0.2, 0.25) is 0 Å².